The number of carboxylic acids is 1. The van der Waals surface area contributed by atoms with Crippen molar-refractivity contribution in [3.8, 4) is 11.3 Å². The number of carboxylic acid groups (broad SMARTS) is 1. The standard InChI is InChI=1S/C28H28Cl2N2O4S/c1-4-16-11-18(35-13-19-15(3)36-32-26(19)25-20(29)6-5-7-21(25)30)10-14(2)24(16)27-31-22-9-8-17(28(33)34)12-23(22)37-27/h5-9,12,14,16,18,24H,4,10-11,13H2,1-3H3,(H,33,34). The van der Waals surface area contributed by atoms with Gasteiger partial charge in [-0.15, -0.1) is 11.3 Å². The van der Waals surface area contributed by atoms with Crippen LogP contribution in [0.25, 0.3) is 21.5 Å². The van der Waals surface area contributed by atoms with Gasteiger partial charge >= 0.3 is 5.97 Å². The van der Waals surface area contributed by atoms with Crippen LogP contribution in [0.15, 0.2) is 40.9 Å². The van der Waals surface area contributed by atoms with Crippen LogP contribution in [0.2, 0.25) is 10.0 Å². The number of aromatic carboxylic acids is 1. The maximum absolute atomic E-state index is 11.4. The number of carbonyl (C=O) groups is 1. The van der Waals surface area contributed by atoms with E-state index in [4.69, 9.17) is 37.4 Å². The quantitative estimate of drug-likeness (QED) is 0.245. The molecule has 0 bridgehead atoms. The number of thiazole rings is 1. The summed E-state index contributed by atoms with van der Waals surface area (Å²) in [4.78, 5) is 16.3. The molecule has 0 radical (unpaired) electrons. The van der Waals surface area contributed by atoms with E-state index in [-0.39, 0.29) is 6.10 Å². The molecule has 2 aromatic carbocycles. The Balaban J connectivity index is 1.33. The smallest absolute Gasteiger partial charge is 0.335 e. The zero-order valence-corrected chi connectivity index (χ0v) is 23.2. The molecule has 4 aromatic rings. The molecule has 4 unspecified atom stereocenters. The summed E-state index contributed by atoms with van der Waals surface area (Å²) in [7, 11) is 0. The van der Waals surface area contributed by atoms with Crippen molar-refractivity contribution >= 4 is 50.7 Å². The minimum absolute atomic E-state index is 0.0908. The molecule has 1 N–H and O–H groups in total. The number of halogens is 2. The van der Waals surface area contributed by atoms with E-state index in [9.17, 15) is 9.90 Å². The normalized spacial score (nSPS) is 22.0. The number of ether oxygens (including phenoxy) is 1. The van der Waals surface area contributed by atoms with Gasteiger partial charge in [0.15, 0.2) is 0 Å². The molecule has 0 saturated heterocycles. The van der Waals surface area contributed by atoms with Crippen LogP contribution in [0, 0.1) is 18.8 Å². The molecular formula is C28H28Cl2N2O4S. The third-order valence-electron chi connectivity index (χ3n) is 7.43. The number of aromatic nitrogens is 2. The Labute approximate surface area is 229 Å². The first-order chi connectivity index (χ1) is 17.8. The summed E-state index contributed by atoms with van der Waals surface area (Å²) in [5.41, 5.74) is 3.29. The zero-order valence-electron chi connectivity index (χ0n) is 20.8. The number of hydrogen-bond acceptors (Lipinski definition) is 6. The molecule has 0 amide bonds. The molecule has 1 aliphatic carbocycles. The Kier molecular flexibility index (Phi) is 7.59. The largest absolute Gasteiger partial charge is 0.478 e. The minimum Gasteiger partial charge on any atom is -0.478 e. The molecule has 37 heavy (non-hydrogen) atoms. The van der Waals surface area contributed by atoms with Crippen molar-refractivity contribution in [1.29, 1.82) is 0 Å². The van der Waals surface area contributed by atoms with E-state index in [0.717, 1.165) is 40.1 Å². The molecule has 2 aromatic heterocycles. The van der Waals surface area contributed by atoms with E-state index >= 15 is 0 Å². The van der Waals surface area contributed by atoms with E-state index in [0.29, 0.717) is 57.0 Å². The predicted molar refractivity (Wildman–Crippen MR) is 147 cm³/mol. The Morgan fingerprint density at radius 2 is 1.97 bits per heavy atom. The van der Waals surface area contributed by atoms with Gasteiger partial charge in [-0.3, -0.25) is 0 Å². The van der Waals surface area contributed by atoms with Gasteiger partial charge in [0, 0.05) is 17.0 Å². The van der Waals surface area contributed by atoms with Crippen molar-refractivity contribution in [2.45, 2.75) is 58.7 Å². The van der Waals surface area contributed by atoms with Gasteiger partial charge in [-0.25, -0.2) is 9.78 Å². The van der Waals surface area contributed by atoms with Gasteiger partial charge in [-0.2, -0.15) is 0 Å². The van der Waals surface area contributed by atoms with Crippen LogP contribution in [0.1, 0.15) is 65.7 Å². The topological polar surface area (TPSA) is 85.5 Å². The first kappa shape index (κ1) is 26.2. The molecule has 9 heteroatoms. The van der Waals surface area contributed by atoms with Crippen LogP contribution in [0.4, 0.5) is 0 Å². The third-order valence-corrected chi connectivity index (χ3v) is 9.18. The number of benzene rings is 2. The van der Waals surface area contributed by atoms with E-state index in [1.165, 1.54) is 0 Å². The summed E-state index contributed by atoms with van der Waals surface area (Å²) in [5.74, 6) is 0.858. The van der Waals surface area contributed by atoms with Crippen molar-refractivity contribution in [3.05, 3.63) is 68.3 Å². The third kappa shape index (κ3) is 5.15. The highest BCUT2D eigenvalue weighted by Gasteiger charge is 2.38. The monoisotopic (exact) mass is 558 g/mol. The van der Waals surface area contributed by atoms with Crippen molar-refractivity contribution in [2.24, 2.45) is 11.8 Å². The van der Waals surface area contributed by atoms with E-state index in [2.05, 4.69) is 19.0 Å². The first-order valence-electron chi connectivity index (χ1n) is 12.4. The minimum atomic E-state index is -0.919. The summed E-state index contributed by atoms with van der Waals surface area (Å²) >= 11 is 14.5. The second-order valence-electron chi connectivity index (χ2n) is 9.78. The maximum Gasteiger partial charge on any atom is 0.335 e. The van der Waals surface area contributed by atoms with Crippen LogP contribution in [0.5, 0.6) is 0 Å². The van der Waals surface area contributed by atoms with Crippen molar-refractivity contribution < 1.29 is 19.2 Å². The molecule has 194 valence electrons. The summed E-state index contributed by atoms with van der Waals surface area (Å²) in [5, 5.41) is 15.7. The first-order valence-corrected chi connectivity index (χ1v) is 14.0. The number of rotatable bonds is 7. The van der Waals surface area contributed by atoms with E-state index < -0.39 is 5.97 Å². The lowest BCUT2D eigenvalue weighted by Crippen LogP contribution is -2.33. The fraction of sp³-hybridized carbons (Fsp3) is 0.393. The Morgan fingerprint density at radius 1 is 1.22 bits per heavy atom. The van der Waals surface area contributed by atoms with Gasteiger partial charge in [0.25, 0.3) is 0 Å². The SMILES string of the molecule is CCC1CC(OCc2c(-c3c(Cl)cccc3Cl)noc2C)CC(C)C1c1nc2ccc(C(=O)O)cc2s1. The lowest BCUT2D eigenvalue weighted by molar-refractivity contribution is -0.0204. The van der Waals surface area contributed by atoms with Crippen LogP contribution in [0.3, 0.4) is 0 Å². The average molecular weight is 560 g/mol. The molecule has 1 saturated carbocycles. The van der Waals surface area contributed by atoms with Gasteiger partial charge in [0.2, 0.25) is 0 Å². The van der Waals surface area contributed by atoms with Crippen molar-refractivity contribution in [3.63, 3.8) is 0 Å². The Morgan fingerprint density at radius 3 is 2.68 bits per heavy atom. The zero-order chi connectivity index (χ0) is 26.3. The van der Waals surface area contributed by atoms with Gasteiger partial charge in [-0.05, 0) is 61.9 Å². The lowest BCUT2D eigenvalue weighted by atomic mass is 9.71. The maximum atomic E-state index is 11.4. The number of nitrogens with zero attached hydrogens (tertiary/aromatic N) is 2. The highest BCUT2D eigenvalue weighted by atomic mass is 35.5. The average Bonchev–Trinajstić information content (AvgIpc) is 3.44. The fourth-order valence-corrected chi connectivity index (χ4v) is 7.42. The molecule has 6 nitrogen and oxygen atoms in total. The summed E-state index contributed by atoms with van der Waals surface area (Å²) in [6, 6.07) is 10.5. The Hall–Kier alpha value is -2.45. The molecule has 0 spiro atoms. The van der Waals surface area contributed by atoms with Crippen molar-refractivity contribution in [1.82, 2.24) is 10.1 Å². The van der Waals surface area contributed by atoms with Gasteiger partial charge in [-0.1, -0.05) is 54.7 Å². The number of hydrogen-bond donors (Lipinski definition) is 1. The van der Waals surface area contributed by atoms with Gasteiger partial charge in [0.05, 0.1) is 43.5 Å². The molecule has 1 fully saturated rings. The lowest BCUT2D eigenvalue weighted by Gasteiger charge is -2.39. The predicted octanol–water partition coefficient (Wildman–Crippen LogP) is 8.39. The highest BCUT2D eigenvalue weighted by Crippen LogP contribution is 2.47. The van der Waals surface area contributed by atoms with E-state index in [1.54, 1.807) is 41.7 Å². The highest BCUT2D eigenvalue weighted by molar-refractivity contribution is 7.18. The fourth-order valence-electron chi connectivity index (χ4n) is 5.51. The second kappa shape index (κ2) is 10.7. The number of fused-ring (bicyclic) bond motifs is 1. The molecule has 1 aliphatic rings. The van der Waals surface area contributed by atoms with Crippen LogP contribution < -0.4 is 0 Å². The van der Waals surface area contributed by atoms with Crippen LogP contribution in [-0.2, 0) is 11.3 Å². The molecular weight excluding hydrogens is 531 g/mol. The summed E-state index contributed by atoms with van der Waals surface area (Å²) in [6.45, 7) is 6.71. The molecule has 0 aliphatic heterocycles. The van der Waals surface area contributed by atoms with Crippen LogP contribution in [-0.4, -0.2) is 27.3 Å². The second-order valence-corrected chi connectivity index (χ2v) is 11.7. The molecule has 4 atom stereocenters. The molecule has 2 heterocycles. The van der Waals surface area contributed by atoms with E-state index in [1.807, 2.05) is 13.0 Å². The number of aryl methyl sites for hydroxylation is 1. The van der Waals surface area contributed by atoms with Crippen molar-refractivity contribution in [2.75, 3.05) is 0 Å². The van der Waals surface area contributed by atoms with Gasteiger partial charge < -0.3 is 14.4 Å². The summed E-state index contributed by atoms with van der Waals surface area (Å²) < 4.78 is 12.9. The van der Waals surface area contributed by atoms with Gasteiger partial charge in [0.1, 0.15) is 11.5 Å². The Bertz CT molecular complexity index is 1430. The summed E-state index contributed by atoms with van der Waals surface area (Å²) in [6.07, 6.45) is 2.93. The van der Waals surface area contributed by atoms with Crippen LogP contribution >= 0.6 is 34.5 Å². The molecule has 5 rings (SSSR count).